The van der Waals surface area contributed by atoms with Crippen LogP contribution in [-0.2, 0) is 19.4 Å². The van der Waals surface area contributed by atoms with Gasteiger partial charge >= 0.3 is 0 Å². The van der Waals surface area contributed by atoms with Gasteiger partial charge in [0.05, 0.1) is 6.61 Å². The average molecular weight is 254 g/mol. The van der Waals surface area contributed by atoms with Crippen molar-refractivity contribution >= 4 is 5.69 Å². The molecule has 0 radical (unpaired) electrons. The van der Waals surface area contributed by atoms with Crippen LogP contribution in [0.2, 0.25) is 0 Å². The summed E-state index contributed by atoms with van der Waals surface area (Å²) in [7, 11) is 0. The first-order valence-electron chi connectivity index (χ1n) is 6.74. The molecule has 1 aromatic carbocycles. The fourth-order valence-corrected chi connectivity index (χ4v) is 2.76. The number of aromatic nitrogens is 1. The van der Waals surface area contributed by atoms with E-state index in [0.29, 0.717) is 0 Å². The molecule has 2 heterocycles. The minimum absolute atomic E-state index is 0.0482. The fraction of sp³-hybridized carbons (Fsp3) is 0.312. The van der Waals surface area contributed by atoms with Gasteiger partial charge < -0.3 is 10.0 Å². The largest absolute Gasteiger partial charge is 0.392 e. The van der Waals surface area contributed by atoms with Gasteiger partial charge in [-0.3, -0.25) is 4.98 Å². The normalized spacial score (nSPS) is 14.9. The molecule has 0 saturated heterocycles. The number of rotatable bonds is 2. The molecule has 0 spiro atoms. The lowest BCUT2D eigenvalue weighted by atomic mass is 10.0. The monoisotopic (exact) mass is 254 g/mol. The van der Waals surface area contributed by atoms with Crippen molar-refractivity contribution in [3.63, 3.8) is 0 Å². The third-order valence-corrected chi connectivity index (χ3v) is 3.81. The molecule has 98 valence electrons. The molecule has 0 fully saturated rings. The van der Waals surface area contributed by atoms with Crippen LogP contribution in [0.3, 0.4) is 0 Å². The fourth-order valence-electron chi connectivity index (χ4n) is 2.76. The standard InChI is InChI=1S/C16H18N2O/c19-12-15-11-17-8-5-16(15)18-9-6-13-3-1-2-4-14(13)7-10-18/h1-5,8,11,19H,6-7,9-10,12H2. The Bertz CT molecular complexity index is 541. The van der Waals surface area contributed by atoms with Gasteiger partial charge in [-0.05, 0) is 30.0 Å². The van der Waals surface area contributed by atoms with Gasteiger partial charge in [-0.2, -0.15) is 0 Å². The second-order valence-electron chi connectivity index (χ2n) is 4.92. The second kappa shape index (κ2) is 5.41. The maximum absolute atomic E-state index is 9.43. The first-order chi connectivity index (χ1) is 9.38. The van der Waals surface area contributed by atoms with E-state index in [1.165, 1.54) is 11.1 Å². The van der Waals surface area contributed by atoms with Gasteiger partial charge in [0.1, 0.15) is 0 Å². The molecule has 0 saturated carbocycles. The minimum Gasteiger partial charge on any atom is -0.392 e. The molecule has 1 aromatic heterocycles. The van der Waals surface area contributed by atoms with Gasteiger partial charge in [-0.1, -0.05) is 24.3 Å². The average Bonchev–Trinajstić information content (AvgIpc) is 2.70. The van der Waals surface area contributed by atoms with Crippen LogP contribution in [0.1, 0.15) is 16.7 Å². The van der Waals surface area contributed by atoms with Crippen molar-refractivity contribution in [1.29, 1.82) is 0 Å². The number of aliphatic hydroxyl groups is 1. The van der Waals surface area contributed by atoms with Crippen LogP contribution in [0.5, 0.6) is 0 Å². The summed E-state index contributed by atoms with van der Waals surface area (Å²) in [5.74, 6) is 0. The topological polar surface area (TPSA) is 36.4 Å². The molecule has 0 aliphatic carbocycles. The number of fused-ring (bicyclic) bond motifs is 1. The Morgan fingerprint density at radius 2 is 1.74 bits per heavy atom. The lowest BCUT2D eigenvalue weighted by molar-refractivity contribution is 0.281. The van der Waals surface area contributed by atoms with E-state index in [1.807, 2.05) is 6.07 Å². The van der Waals surface area contributed by atoms with Crippen molar-refractivity contribution in [3.05, 3.63) is 59.4 Å². The number of pyridine rings is 1. The highest BCUT2D eigenvalue weighted by Crippen LogP contribution is 2.23. The van der Waals surface area contributed by atoms with Crippen molar-refractivity contribution < 1.29 is 5.11 Å². The molecule has 2 aromatic rings. The number of aliphatic hydroxyl groups excluding tert-OH is 1. The van der Waals surface area contributed by atoms with E-state index in [0.717, 1.165) is 37.2 Å². The quantitative estimate of drug-likeness (QED) is 0.892. The molecule has 0 unspecified atom stereocenters. The summed E-state index contributed by atoms with van der Waals surface area (Å²) >= 11 is 0. The smallest absolute Gasteiger partial charge is 0.0717 e. The molecule has 3 nitrogen and oxygen atoms in total. The van der Waals surface area contributed by atoms with Crippen LogP contribution in [-0.4, -0.2) is 23.2 Å². The summed E-state index contributed by atoms with van der Waals surface area (Å²) in [5.41, 5.74) is 4.92. The summed E-state index contributed by atoms with van der Waals surface area (Å²) in [6, 6.07) is 10.7. The Hall–Kier alpha value is -1.87. The predicted octanol–water partition coefficient (Wildman–Crippen LogP) is 2.18. The Kier molecular flexibility index (Phi) is 3.47. The Balaban J connectivity index is 1.85. The number of hydrogen-bond donors (Lipinski definition) is 1. The predicted molar refractivity (Wildman–Crippen MR) is 76.2 cm³/mol. The van der Waals surface area contributed by atoms with Crippen molar-refractivity contribution in [2.75, 3.05) is 18.0 Å². The number of anilines is 1. The van der Waals surface area contributed by atoms with Crippen LogP contribution >= 0.6 is 0 Å². The molecule has 1 N–H and O–H groups in total. The zero-order valence-corrected chi connectivity index (χ0v) is 10.9. The van der Waals surface area contributed by atoms with Gasteiger partial charge in [-0.15, -0.1) is 0 Å². The van der Waals surface area contributed by atoms with Crippen molar-refractivity contribution in [3.8, 4) is 0 Å². The summed E-state index contributed by atoms with van der Waals surface area (Å²) < 4.78 is 0. The summed E-state index contributed by atoms with van der Waals surface area (Å²) in [6.07, 6.45) is 5.67. The summed E-state index contributed by atoms with van der Waals surface area (Å²) in [4.78, 5) is 6.44. The summed E-state index contributed by atoms with van der Waals surface area (Å²) in [6.45, 7) is 2.04. The molecule has 0 atom stereocenters. The molecule has 3 heteroatoms. The van der Waals surface area contributed by atoms with E-state index in [-0.39, 0.29) is 6.61 Å². The first-order valence-corrected chi connectivity index (χ1v) is 6.74. The third kappa shape index (κ3) is 2.47. The SMILES string of the molecule is OCc1cnccc1N1CCc2ccccc2CC1. The molecule has 1 aliphatic heterocycles. The highest BCUT2D eigenvalue weighted by atomic mass is 16.3. The van der Waals surface area contributed by atoms with Crippen LogP contribution in [0.4, 0.5) is 5.69 Å². The Labute approximate surface area is 113 Å². The maximum atomic E-state index is 9.43. The van der Waals surface area contributed by atoms with Crippen LogP contribution in [0.25, 0.3) is 0 Å². The highest BCUT2D eigenvalue weighted by molar-refractivity contribution is 5.53. The number of benzene rings is 1. The molecule has 0 bridgehead atoms. The van der Waals surface area contributed by atoms with Crippen molar-refractivity contribution in [1.82, 2.24) is 4.98 Å². The lowest BCUT2D eigenvalue weighted by Crippen LogP contribution is -2.27. The number of nitrogens with zero attached hydrogens (tertiary/aromatic N) is 2. The van der Waals surface area contributed by atoms with E-state index in [2.05, 4.69) is 34.1 Å². The first kappa shape index (κ1) is 12.2. The van der Waals surface area contributed by atoms with Crippen LogP contribution in [0.15, 0.2) is 42.7 Å². The van der Waals surface area contributed by atoms with Gasteiger partial charge in [0.15, 0.2) is 0 Å². The van der Waals surface area contributed by atoms with Crippen molar-refractivity contribution in [2.45, 2.75) is 19.4 Å². The zero-order valence-electron chi connectivity index (χ0n) is 10.9. The second-order valence-corrected chi connectivity index (χ2v) is 4.92. The Morgan fingerprint density at radius 1 is 1.05 bits per heavy atom. The molecular formula is C16H18N2O. The van der Waals surface area contributed by atoms with Gasteiger partial charge in [-0.25, -0.2) is 0 Å². The molecular weight excluding hydrogens is 236 g/mol. The third-order valence-electron chi connectivity index (χ3n) is 3.81. The minimum atomic E-state index is 0.0482. The molecule has 3 rings (SSSR count). The van der Waals surface area contributed by atoms with Crippen LogP contribution in [0, 0.1) is 0 Å². The van der Waals surface area contributed by atoms with E-state index in [1.54, 1.807) is 12.4 Å². The van der Waals surface area contributed by atoms with E-state index >= 15 is 0 Å². The van der Waals surface area contributed by atoms with Gasteiger partial charge in [0, 0.05) is 36.7 Å². The molecule has 19 heavy (non-hydrogen) atoms. The van der Waals surface area contributed by atoms with E-state index in [4.69, 9.17) is 0 Å². The zero-order chi connectivity index (χ0) is 13.1. The highest BCUT2D eigenvalue weighted by Gasteiger charge is 2.15. The van der Waals surface area contributed by atoms with Gasteiger partial charge in [0.25, 0.3) is 0 Å². The Morgan fingerprint density at radius 3 is 2.37 bits per heavy atom. The van der Waals surface area contributed by atoms with Crippen molar-refractivity contribution in [2.24, 2.45) is 0 Å². The van der Waals surface area contributed by atoms with Gasteiger partial charge in [0.2, 0.25) is 0 Å². The maximum Gasteiger partial charge on any atom is 0.0717 e. The molecule has 1 aliphatic rings. The lowest BCUT2D eigenvalue weighted by Gasteiger charge is -2.24. The van der Waals surface area contributed by atoms with Crippen LogP contribution < -0.4 is 4.90 Å². The van der Waals surface area contributed by atoms with E-state index < -0.39 is 0 Å². The molecule has 0 amide bonds. The number of hydrogen-bond acceptors (Lipinski definition) is 3. The van der Waals surface area contributed by atoms with E-state index in [9.17, 15) is 5.11 Å². The summed E-state index contributed by atoms with van der Waals surface area (Å²) in [5, 5.41) is 9.43.